The Bertz CT molecular complexity index is 955. The largest absolute Gasteiger partial charge is 0.452 e. The number of nitrogens with zero attached hydrogens (tertiary/aromatic N) is 1. The molecule has 9 heteroatoms. The molecule has 9 nitrogen and oxygen atoms in total. The van der Waals surface area contributed by atoms with Gasteiger partial charge in [-0.3, -0.25) is 20.2 Å². The molecule has 0 aliphatic carbocycles. The van der Waals surface area contributed by atoms with Crippen molar-refractivity contribution in [1.29, 1.82) is 0 Å². The molecule has 0 fully saturated rings. The molecule has 0 atom stereocenters. The minimum Gasteiger partial charge on any atom is -0.452 e. The number of carbonyl (C=O) groups is 3. The Morgan fingerprint density at radius 3 is 2.46 bits per heavy atom. The summed E-state index contributed by atoms with van der Waals surface area (Å²) >= 11 is 0. The summed E-state index contributed by atoms with van der Waals surface area (Å²) in [6.07, 6.45) is 0. The number of benzene rings is 2. The molecule has 2 N–H and O–H groups in total. The predicted molar refractivity (Wildman–Crippen MR) is 101 cm³/mol. The third-order valence-corrected chi connectivity index (χ3v) is 3.94. The second-order valence-electron chi connectivity index (χ2n) is 6.10. The number of anilines is 1. The van der Waals surface area contributed by atoms with Crippen molar-refractivity contribution < 1.29 is 24.0 Å². The van der Waals surface area contributed by atoms with E-state index in [0.29, 0.717) is 5.69 Å². The number of amides is 3. The van der Waals surface area contributed by atoms with Crippen LogP contribution in [0.2, 0.25) is 0 Å². The molecule has 0 aliphatic rings. The van der Waals surface area contributed by atoms with E-state index in [-0.39, 0.29) is 16.8 Å². The first kappa shape index (κ1) is 20.6. The fourth-order valence-electron chi connectivity index (χ4n) is 2.52. The molecule has 146 valence electrons. The van der Waals surface area contributed by atoms with E-state index in [1.54, 1.807) is 6.07 Å². The van der Waals surface area contributed by atoms with Crippen molar-refractivity contribution in [2.45, 2.75) is 20.8 Å². The Labute approximate surface area is 160 Å². The second kappa shape index (κ2) is 8.76. The number of nitro groups is 1. The molecule has 0 saturated heterocycles. The van der Waals surface area contributed by atoms with Gasteiger partial charge in [0, 0.05) is 17.3 Å². The van der Waals surface area contributed by atoms with Crippen LogP contribution in [0.4, 0.5) is 16.2 Å². The maximum absolute atomic E-state index is 12.1. The van der Waals surface area contributed by atoms with Crippen LogP contribution in [0.25, 0.3) is 0 Å². The third-order valence-electron chi connectivity index (χ3n) is 3.94. The molecule has 2 aromatic carbocycles. The molecule has 0 aliphatic heterocycles. The van der Waals surface area contributed by atoms with Gasteiger partial charge in [-0.2, -0.15) is 0 Å². The van der Waals surface area contributed by atoms with Gasteiger partial charge in [0.15, 0.2) is 6.61 Å². The summed E-state index contributed by atoms with van der Waals surface area (Å²) in [6, 6.07) is 8.60. The summed E-state index contributed by atoms with van der Waals surface area (Å²) in [7, 11) is 0. The molecule has 28 heavy (non-hydrogen) atoms. The van der Waals surface area contributed by atoms with Gasteiger partial charge in [-0.1, -0.05) is 23.8 Å². The van der Waals surface area contributed by atoms with Crippen molar-refractivity contribution in [3.05, 3.63) is 68.8 Å². The summed E-state index contributed by atoms with van der Waals surface area (Å²) in [4.78, 5) is 46.1. The number of nitro benzene ring substituents is 1. The van der Waals surface area contributed by atoms with Gasteiger partial charge in [-0.25, -0.2) is 9.59 Å². The number of urea groups is 1. The minimum atomic E-state index is -0.897. The quantitative estimate of drug-likeness (QED) is 0.463. The van der Waals surface area contributed by atoms with Crippen LogP contribution in [0.1, 0.15) is 27.0 Å². The number of aryl methyl sites for hydroxylation is 2. The molecule has 0 radical (unpaired) electrons. The van der Waals surface area contributed by atoms with Gasteiger partial charge in [-0.05, 0) is 38.5 Å². The maximum atomic E-state index is 12.1. The zero-order valence-corrected chi connectivity index (χ0v) is 15.6. The van der Waals surface area contributed by atoms with E-state index in [2.05, 4.69) is 5.32 Å². The summed E-state index contributed by atoms with van der Waals surface area (Å²) in [6.45, 7) is 4.43. The Hall–Kier alpha value is -3.75. The Kier molecular flexibility index (Phi) is 6.43. The monoisotopic (exact) mass is 385 g/mol. The molecule has 0 aromatic heterocycles. The lowest BCUT2D eigenvalue weighted by Gasteiger charge is -2.10. The molecule has 0 unspecified atom stereocenters. The van der Waals surface area contributed by atoms with E-state index in [0.717, 1.165) is 11.1 Å². The smallest absolute Gasteiger partial charge is 0.339 e. The normalized spacial score (nSPS) is 10.1. The molecule has 0 bridgehead atoms. The fourth-order valence-corrected chi connectivity index (χ4v) is 2.52. The highest BCUT2D eigenvalue weighted by Crippen LogP contribution is 2.21. The van der Waals surface area contributed by atoms with Crippen molar-refractivity contribution in [1.82, 2.24) is 5.32 Å². The molecule has 0 spiro atoms. The molecular formula is C19H19N3O6. The van der Waals surface area contributed by atoms with Crippen LogP contribution < -0.4 is 10.6 Å². The van der Waals surface area contributed by atoms with Crippen LogP contribution in [0.5, 0.6) is 0 Å². The number of rotatable bonds is 5. The van der Waals surface area contributed by atoms with Gasteiger partial charge < -0.3 is 10.1 Å². The predicted octanol–water partition coefficient (Wildman–Crippen LogP) is 3.03. The number of nitrogens with one attached hydrogen (secondary N) is 2. The third kappa shape index (κ3) is 5.13. The van der Waals surface area contributed by atoms with Gasteiger partial charge in [0.25, 0.3) is 11.6 Å². The van der Waals surface area contributed by atoms with Crippen LogP contribution in [0.3, 0.4) is 0 Å². The number of carbonyl (C=O) groups excluding carboxylic acids is 3. The highest BCUT2D eigenvalue weighted by atomic mass is 16.6. The molecule has 2 rings (SSSR count). The van der Waals surface area contributed by atoms with Crippen LogP contribution in [0, 0.1) is 30.9 Å². The molecule has 0 heterocycles. The number of hydrogen-bond acceptors (Lipinski definition) is 6. The summed E-state index contributed by atoms with van der Waals surface area (Å²) < 4.78 is 4.84. The van der Waals surface area contributed by atoms with Crippen LogP contribution >= 0.6 is 0 Å². The lowest BCUT2D eigenvalue weighted by molar-refractivity contribution is -0.385. The van der Waals surface area contributed by atoms with Crippen LogP contribution in [-0.4, -0.2) is 29.4 Å². The van der Waals surface area contributed by atoms with E-state index >= 15 is 0 Å². The molecule has 2 aromatic rings. The molecular weight excluding hydrogens is 366 g/mol. The SMILES string of the molecule is Cc1ccc(NC(=O)NC(=O)COC(=O)c2cccc([N+](=O)[O-])c2C)c(C)c1. The Morgan fingerprint density at radius 2 is 1.82 bits per heavy atom. The number of imide groups is 1. The highest BCUT2D eigenvalue weighted by Gasteiger charge is 2.20. The standard InChI is InChI=1S/C19H19N3O6/c1-11-7-8-15(12(2)9-11)20-19(25)21-17(23)10-28-18(24)14-5-4-6-16(13(14)3)22(26)27/h4-9H,10H2,1-3H3,(H2,20,21,23,25). The second-order valence-corrected chi connectivity index (χ2v) is 6.10. The number of ether oxygens (including phenoxy) is 1. The van der Waals surface area contributed by atoms with E-state index in [9.17, 15) is 24.5 Å². The van der Waals surface area contributed by atoms with Crippen molar-refractivity contribution >= 4 is 29.3 Å². The lowest BCUT2D eigenvalue weighted by Crippen LogP contribution is -2.37. The van der Waals surface area contributed by atoms with Crippen LogP contribution in [-0.2, 0) is 9.53 Å². The van der Waals surface area contributed by atoms with Gasteiger partial charge in [-0.15, -0.1) is 0 Å². The minimum absolute atomic E-state index is 0.0262. The van der Waals surface area contributed by atoms with Gasteiger partial charge >= 0.3 is 12.0 Å². The zero-order chi connectivity index (χ0) is 20.8. The highest BCUT2D eigenvalue weighted by molar-refractivity contribution is 6.02. The van der Waals surface area contributed by atoms with E-state index in [4.69, 9.17) is 4.74 Å². The average molecular weight is 385 g/mol. The van der Waals surface area contributed by atoms with Gasteiger partial charge in [0.1, 0.15) is 0 Å². The number of hydrogen-bond donors (Lipinski definition) is 2. The van der Waals surface area contributed by atoms with Crippen LogP contribution in [0.15, 0.2) is 36.4 Å². The van der Waals surface area contributed by atoms with E-state index in [1.165, 1.54) is 25.1 Å². The van der Waals surface area contributed by atoms with E-state index < -0.39 is 29.4 Å². The van der Waals surface area contributed by atoms with Crippen molar-refractivity contribution in [2.24, 2.45) is 0 Å². The van der Waals surface area contributed by atoms with Crippen molar-refractivity contribution in [3.8, 4) is 0 Å². The lowest BCUT2D eigenvalue weighted by atomic mass is 10.1. The fraction of sp³-hybridized carbons (Fsp3) is 0.211. The first-order valence-electron chi connectivity index (χ1n) is 8.28. The number of esters is 1. The van der Waals surface area contributed by atoms with Crippen molar-refractivity contribution in [3.63, 3.8) is 0 Å². The first-order valence-corrected chi connectivity index (χ1v) is 8.28. The summed E-state index contributed by atoms with van der Waals surface area (Å²) in [5.41, 5.74) is 2.28. The molecule has 0 saturated carbocycles. The zero-order valence-electron chi connectivity index (χ0n) is 15.6. The summed E-state index contributed by atoms with van der Waals surface area (Å²) in [5, 5.41) is 15.5. The first-order chi connectivity index (χ1) is 13.2. The maximum Gasteiger partial charge on any atom is 0.339 e. The Balaban J connectivity index is 1.91. The average Bonchev–Trinajstić information content (AvgIpc) is 2.62. The summed E-state index contributed by atoms with van der Waals surface area (Å²) in [5.74, 6) is -1.73. The Morgan fingerprint density at radius 1 is 1.11 bits per heavy atom. The van der Waals surface area contributed by atoms with Gasteiger partial charge in [0.05, 0.1) is 10.5 Å². The topological polar surface area (TPSA) is 128 Å². The van der Waals surface area contributed by atoms with Crippen molar-refractivity contribution in [2.75, 3.05) is 11.9 Å². The van der Waals surface area contributed by atoms with Gasteiger partial charge in [0.2, 0.25) is 0 Å². The van der Waals surface area contributed by atoms with E-state index in [1.807, 2.05) is 31.3 Å². The molecule has 3 amide bonds.